The second-order valence-electron chi connectivity index (χ2n) is 6.43. The maximum Gasteiger partial charge on any atom is 0.281 e. The normalized spacial score (nSPS) is 11.5. The Kier molecular flexibility index (Phi) is 5.43. The highest BCUT2D eigenvalue weighted by molar-refractivity contribution is 5.91. The third-order valence-corrected chi connectivity index (χ3v) is 4.33. The van der Waals surface area contributed by atoms with E-state index in [1.807, 2.05) is 44.2 Å². The van der Waals surface area contributed by atoms with E-state index in [4.69, 9.17) is 0 Å². The lowest BCUT2D eigenvalue weighted by Crippen LogP contribution is -2.43. The molecule has 0 aliphatic heterocycles. The first-order valence-electron chi connectivity index (χ1n) is 8.60. The van der Waals surface area contributed by atoms with Crippen molar-refractivity contribution in [2.75, 3.05) is 0 Å². The van der Waals surface area contributed by atoms with Crippen molar-refractivity contribution >= 4 is 12.1 Å². The molecule has 3 rings (SSSR count). The van der Waals surface area contributed by atoms with Crippen molar-refractivity contribution in [2.24, 2.45) is 5.10 Å². The number of nitrogens with zero attached hydrogens (tertiary/aromatic N) is 2. The average molecular weight is 359 g/mol. The maximum atomic E-state index is 12.9. The Labute approximate surface area is 158 Å². The molecule has 0 saturated carbocycles. The molecule has 0 aliphatic carbocycles. The second kappa shape index (κ2) is 7.93. The highest BCUT2D eigenvalue weighted by atomic mass is 16.3. The van der Waals surface area contributed by atoms with Crippen LogP contribution in [0.2, 0.25) is 0 Å². The van der Waals surface area contributed by atoms with Crippen LogP contribution < -0.4 is 5.43 Å². The van der Waals surface area contributed by atoms with Gasteiger partial charge in [-0.2, -0.15) is 5.10 Å². The largest absolute Gasteiger partial charge is 0.372 e. The summed E-state index contributed by atoms with van der Waals surface area (Å²) in [5.41, 5.74) is 4.38. The monoisotopic (exact) mass is 359 g/mol. The summed E-state index contributed by atoms with van der Waals surface area (Å²) in [6.45, 7) is 3.90. The van der Waals surface area contributed by atoms with Crippen LogP contribution >= 0.6 is 0 Å². The number of nitrogens with one attached hydrogen (secondary N) is 1. The number of hydrogen-bond acceptors (Lipinski definition) is 4. The number of aromatic nitrogens is 1. The Morgan fingerprint density at radius 1 is 1.00 bits per heavy atom. The number of carbonyl (C=O) groups excluding carboxylic acids is 1. The van der Waals surface area contributed by atoms with Crippen LogP contribution in [0.5, 0.6) is 0 Å². The number of carbonyl (C=O) groups is 1. The molecule has 0 spiro atoms. The second-order valence-corrected chi connectivity index (χ2v) is 6.43. The van der Waals surface area contributed by atoms with E-state index in [9.17, 15) is 9.90 Å². The molecule has 5 nitrogen and oxygen atoms in total. The van der Waals surface area contributed by atoms with Gasteiger partial charge in [0, 0.05) is 18.0 Å². The van der Waals surface area contributed by atoms with E-state index in [2.05, 4.69) is 15.5 Å². The lowest BCUT2D eigenvalue weighted by atomic mass is 9.85. The molecule has 1 heterocycles. The first-order valence-corrected chi connectivity index (χ1v) is 8.60. The van der Waals surface area contributed by atoms with E-state index < -0.39 is 11.5 Å². The Balaban J connectivity index is 1.93. The zero-order valence-corrected chi connectivity index (χ0v) is 15.3. The molecular formula is C22H21N3O2. The van der Waals surface area contributed by atoms with Gasteiger partial charge in [0.25, 0.3) is 5.91 Å². The van der Waals surface area contributed by atoms with Crippen LogP contribution in [-0.4, -0.2) is 22.2 Å². The van der Waals surface area contributed by atoms with Crippen molar-refractivity contribution in [1.82, 2.24) is 10.4 Å². The topological polar surface area (TPSA) is 74.6 Å². The zero-order valence-electron chi connectivity index (χ0n) is 15.3. The van der Waals surface area contributed by atoms with Crippen LogP contribution in [0.4, 0.5) is 0 Å². The smallest absolute Gasteiger partial charge is 0.281 e. The first kappa shape index (κ1) is 18.5. The van der Waals surface area contributed by atoms with E-state index in [-0.39, 0.29) is 0 Å². The minimum absolute atomic E-state index is 0.478. The molecule has 2 aromatic carbocycles. The highest BCUT2D eigenvalue weighted by Crippen LogP contribution is 2.30. The first-order chi connectivity index (χ1) is 13.0. The van der Waals surface area contributed by atoms with Gasteiger partial charge in [-0.3, -0.25) is 9.78 Å². The minimum Gasteiger partial charge on any atom is -0.372 e. The van der Waals surface area contributed by atoms with Crippen LogP contribution in [-0.2, 0) is 10.4 Å². The number of aryl methyl sites for hydroxylation is 2. The van der Waals surface area contributed by atoms with Crippen LogP contribution in [0.15, 0.2) is 78.2 Å². The van der Waals surface area contributed by atoms with Crippen LogP contribution in [0.25, 0.3) is 0 Å². The molecule has 0 unspecified atom stereocenters. The molecule has 1 amide bonds. The van der Waals surface area contributed by atoms with Crippen LogP contribution in [0.3, 0.4) is 0 Å². The molecule has 136 valence electrons. The number of amides is 1. The van der Waals surface area contributed by atoms with E-state index in [0.717, 1.165) is 16.7 Å². The molecular weight excluding hydrogens is 338 g/mol. The van der Waals surface area contributed by atoms with E-state index in [1.54, 1.807) is 42.7 Å². The lowest BCUT2D eigenvalue weighted by Gasteiger charge is -2.27. The zero-order chi connectivity index (χ0) is 19.3. The quantitative estimate of drug-likeness (QED) is 0.543. The third-order valence-electron chi connectivity index (χ3n) is 4.33. The fourth-order valence-corrected chi connectivity index (χ4v) is 2.72. The maximum absolute atomic E-state index is 12.9. The number of pyridine rings is 1. The van der Waals surface area contributed by atoms with Crippen molar-refractivity contribution in [3.8, 4) is 0 Å². The van der Waals surface area contributed by atoms with Gasteiger partial charge in [-0.15, -0.1) is 0 Å². The van der Waals surface area contributed by atoms with Crippen molar-refractivity contribution in [2.45, 2.75) is 19.4 Å². The summed E-state index contributed by atoms with van der Waals surface area (Å²) >= 11 is 0. The number of hydrazone groups is 1. The molecule has 27 heavy (non-hydrogen) atoms. The molecule has 0 fully saturated rings. The van der Waals surface area contributed by atoms with E-state index >= 15 is 0 Å². The van der Waals surface area contributed by atoms with Crippen LogP contribution in [0, 0.1) is 13.8 Å². The summed E-state index contributed by atoms with van der Waals surface area (Å²) in [5.74, 6) is -0.629. The summed E-state index contributed by atoms with van der Waals surface area (Å²) < 4.78 is 0. The van der Waals surface area contributed by atoms with Crippen molar-refractivity contribution < 1.29 is 9.90 Å². The Morgan fingerprint density at radius 2 is 1.56 bits per heavy atom. The van der Waals surface area contributed by atoms with Gasteiger partial charge in [0.15, 0.2) is 5.60 Å². The molecule has 3 aromatic rings. The fraction of sp³-hybridized carbons (Fsp3) is 0.136. The van der Waals surface area contributed by atoms with E-state index in [1.165, 1.54) is 6.21 Å². The molecule has 1 aromatic heterocycles. The molecule has 0 aliphatic rings. The lowest BCUT2D eigenvalue weighted by molar-refractivity contribution is -0.136. The summed E-state index contributed by atoms with van der Waals surface area (Å²) in [7, 11) is 0. The van der Waals surface area contributed by atoms with Gasteiger partial charge < -0.3 is 5.11 Å². The average Bonchev–Trinajstić information content (AvgIpc) is 2.69. The molecule has 0 radical (unpaired) electrons. The Morgan fingerprint density at radius 3 is 2.04 bits per heavy atom. The van der Waals surface area contributed by atoms with Crippen molar-refractivity contribution in [1.29, 1.82) is 0 Å². The van der Waals surface area contributed by atoms with Gasteiger partial charge in [-0.05, 0) is 31.0 Å². The SMILES string of the molecule is Cc1ccc(C(O)(C(=O)N/N=C\c2cccnc2)c2ccc(C)cc2)cc1. The predicted molar refractivity (Wildman–Crippen MR) is 105 cm³/mol. The number of hydrogen-bond donors (Lipinski definition) is 2. The van der Waals surface area contributed by atoms with Gasteiger partial charge in [-0.1, -0.05) is 65.7 Å². The van der Waals surface area contributed by atoms with Crippen molar-refractivity contribution in [3.05, 3.63) is 101 Å². The summed E-state index contributed by atoms with van der Waals surface area (Å²) in [6, 6.07) is 18.0. The van der Waals surface area contributed by atoms with Gasteiger partial charge in [0.05, 0.1) is 6.21 Å². The molecule has 0 bridgehead atoms. The summed E-state index contributed by atoms with van der Waals surface area (Å²) in [5, 5.41) is 15.4. The molecule has 0 saturated heterocycles. The number of benzene rings is 2. The number of aliphatic hydroxyl groups is 1. The fourth-order valence-electron chi connectivity index (χ4n) is 2.72. The van der Waals surface area contributed by atoms with Gasteiger partial charge in [-0.25, -0.2) is 5.43 Å². The van der Waals surface area contributed by atoms with Crippen molar-refractivity contribution in [3.63, 3.8) is 0 Å². The van der Waals surface area contributed by atoms with Gasteiger partial charge in [0.1, 0.15) is 0 Å². The van der Waals surface area contributed by atoms with E-state index in [0.29, 0.717) is 11.1 Å². The molecule has 5 heteroatoms. The molecule has 0 atom stereocenters. The van der Waals surface area contributed by atoms with Crippen LogP contribution in [0.1, 0.15) is 27.8 Å². The third kappa shape index (κ3) is 4.10. The van der Waals surface area contributed by atoms with Gasteiger partial charge >= 0.3 is 0 Å². The minimum atomic E-state index is -1.85. The summed E-state index contributed by atoms with van der Waals surface area (Å²) in [6.07, 6.45) is 4.76. The van der Waals surface area contributed by atoms with Gasteiger partial charge in [0.2, 0.25) is 0 Å². The Hall–Kier alpha value is -3.31. The summed E-state index contributed by atoms with van der Waals surface area (Å²) in [4.78, 5) is 16.9. The number of rotatable bonds is 5. The molecule has 2 N–H and O–H groups in total. The predicted octanol–water partition coefficient (Wildman–Crippen LogP) is 3.08. The Bertz CT molecular complexity index is 888. The highest BCUT2D eigenvalue weighted by Gasteiger charge is 2.40. The standard InChI is InChI=1S/C22H21N3O2/c1-16-5-9-19(10-6-16)22(27,20-11-7-17(2)8-12-20)21(26)25-24-15-18-4-3-13-23-14-18/h3-15,27H,1-2H3,(H,25,26)/b24-15-.